The van der Waals surface area contributed by atoms with Crippen LogP contribution in [-0.4, -0.2) is 80.0 Å². The second kappa shape index (κ2) is 49.3. The third kappa shape index (κ3) is 42.8. The average Bonchev–Trinajstić information content (AvgIpc) is 3.28. The number of hydrogen-bond donors (Lipinski definition) is 1. The molecule has 370 valence electrons. The van der Waals surface area contributed by atoms with Gasteiger partial charge in [0.05, 0.1) is 19.0 Å². The highest BCUT2D eigenvalue weighted by molar-refractivity contribution is 5.69. The highest BCUT2D eigenvalue weighted by atomic mass is 16.5. The Morgan fingerprint density at radius 2 is 0.774 bits per heavy atom. The summed E-state index contributed by atoms with van der Waals surface area (Å²) < 4.78 is 12.1. The third-order valence-electron chi connectivity index (χ3n) is 13.5. The van der Waals surface area contributed by atoms with Crippen molar-refractivity contribution < 1.29 is 19.4 Å². The minimum atomic E-state index is 0.0216. The van der Waals surface area contributed by atoms with Gasteiger partial charge in [-0.1, -0.05) is 208 Å². The van der Waals surface area contributed by atoms with Gasteiger partial charge in [-0.25, -0.2) is 0 Å². The average molecular weight is 878 g/mol. The van der Waals surface area contributed by atoms with E-state index in [-0.39, 0.29) is 12.6 Å². The van der Waals surface area contributed by atoms with Crippen molar-refractivity contribution >= 4 is 5.97 Å². The van der Waals surface area contributed by atoms with E-state index in [1.165, 1.54) is 212 Å². The van der Waals surface area contributed by atoms with Gasteiger partial charge in [0.1, 0.15) is 0 Å². The molecule has 0 aromatic carbocycles. The minimum absolute atomic E-state index is 0.0216. The third-order valence-corrected chi connectivity index (χ3v) is 13.5. The van der Waals surface area contributed by atoms with Gasteiger partial charge in [-0.2, -0.15) is 0 Å². The predicted octanol–water partition coefficient (Wildman–Crippen LogP) is 16.4. The number of esters is 1. The van der Waals surface area contributed by atoms with Gasteiger partial charge in [0.25, 0.3) is 0 Å². The number of carbonyl (C=O) groups is 1. The quantitative estimate of drug-likeness (QED) is 0.0373. The predicted molar refractivity (Wildman–Crippen MR) is 272 cm³/mol. The molecule has 6 heteroatoms. The maximum atomic E-state index is 12.7. The Balaban J connectivity index is 4.51. The van der Waals surface area contributed by atoms with Crippen molar-refractivity contribution in [3.8, 4) is 0 Å². The van der Waals surface area contributed by atoms with Crippen molar-refractivity contribution in [1.29, 1.82) is 0 Å². The van der Waals surface area contributed by atoms with Crippen LogP contribution in [-0.2, 0) is 14.3 Å². The van der Waals surface area contributed by atoms with Crippen LogP contribution < -0.4 is 0 Å². The van der Waals surface area contributed by atoms with E-state index in [1.807, 2.05) is 0 Å². The van der Waals surface area contributed by atoms with Crippen LogP contribution in [0.5, 0.6) is 0 Å². The highest BCUT2D eigenvalue weighted by Crippen LogP contribution is 2.23. The molecule has 0 saturated carbocycles. The van der Waals surface area contributed by atoms with Gasteiger partial charge in [-0.05, 0) is 89.3 Å². The van der Waals surface area contributed by atoms with Crippen LogP contribution in [0.2, 0.25) is 0 Å². The first-order chi connectivity index (χ1) is 30.4. The number of allylic oxidation sites excluding steroid dienone is 1. The topological polar surface area (TPSA) is 62.2 Å². The Kier molecular flexibility index (Phi) is 48.4. The van der Waals surface area contributed by atoms with Gasteiger partial charge in [0.15, 0.2) is 0 Å². The zero-order valence-corrected chi connectivity index (χ0v) is 43.0. The van der Waals surface area contributed by atoms with Crippen LogP contribution in [0.4, 0.5) is 0 Å². The van der Waals surface area contributed by atoms with E-state index in [4.69, 9.17) is 9.47 Å². The lowest BCUT2D eigenvalue weighted by molar-refractivity contribution is -0.145. The Morgan fingerprint density at radius 3 is 1.23 bits per heavy atom. The fourth-order valence-electron chi connectivity index (χ4n) is 9.02. The zero-order chi connectivity index (χ0) is 45.4. The number of rotatable bonds is 52. The van der Waals surface area contributed by atoms with Crippen molar-refractivity contribution in [1.82, 2.24) is 9.80 Å². The monoisotopic (exact) mass is 877 g/mol. The summed E-state index contributed by atoms with van der Waals surface area (Å²) in [6, 6.07) is 0. The SMILES string of the molecule is C=C(CCCCCCCN(CCCCCCCC(=O)OCC(CCCCCC)CCCCCCCC)CCN(CC)CCCO)OCC(CCCCCC)CCCCCCCC. The molecule has 2 unspecified atom stereocenters. The standard InChI is InChI=1S/C56H112N2O4/c1-7-12-16-20-25-33-42-54(40-31-18-14-9-3)51-61-53(6)39-30-24-22-28-36-45-58(49-48-57(11-5)47-38-50-59)46-37-29-23-27-35-44-56(60)62-52-55(41-32-19-15-10-4)43-34-26-21-17-13-8-2/h54-55,59H,6-52H2,1-5H3. The summed E-state index contributed by atoms with van der Waals surface area (Å²) >= 11 is 0. The maximum absolute atomic E-state index is 12.7. The minimum Gasteiger partial charge on any atom is -0.498 e. The number of hydrogen-bond acceptors (Lipinski definition) is 6. The van der Waals surface area contributed by atoms with Gasteiger partial charge in [-0.3, -0.25) is 4.79 Å². The van der Waals surface area contributed by atoms with Crippen LogP contribution in [0.3, 0.4) is 0 Å². The normalized spacial score (nSPS) is 12.7. The molecular weight excluding hydrogens is 765 g/mol. The van der Waals surface area contributed by atoms with Gasteiger partial charge in [0.2, 0.25) is 0 Å². The molecule has 0 radical (unpaired) electrons. The van der Waals surface area contributed by atoms with E-state index in [9.17, 15) is 9.90 Å². The molecule has 0 saturated heterocycles. The lowest BCUT2D eigenvalue weighted by Gasteiger charge is -2.27. The first kappa shape index (κ1) is 60.9. The van der Waals surface area contributed by atoms with Crippen LogP contribution in [0, 0.1) is 11.8 Å². The zero-order valence-electron chi connectivity index (χ0n) is 43.0. The molecule has 6 nitrogen and oxygen atoms in total. The molecular formula is C56H112N2O4. The van der Waals surface area contributed by atoms with Crippen molar-refractivity contribution in [2.75, 3.05) is 59.1 Å². The number of aliphatic hydroxyl groups is 1. The molecule has 1 N–H and O–H groups in total. The largest absolute Gasteiger partial charge is 0.498 e. The summed E-state index contributed by atoms with van der Waals surface area (Å²) in [6.45, 7) is 24.0. The summed E-state index contributed by atoms with van der Waals surface area (Å²) in [5.41, 5.74) is 0. The first-order valence-electron chi connectivity index (χ1n) is 27.9. The van der Waals surface area contributed by atoms with Crippen molar-refractivity contribution in [2.45, 2.75) is 272 Å². The summed E-state index contributed by atoms with van der Waals surface area (Å²) in [5, 5.41) is 9.38. The maximum Gasteiger partial charge on any atom is 0.305 e. The van der Waals surface area contributed by atoms with Crippen LogP contribution >= 0.6 is 0 Å². The smallest absolute Gasteiger partial charge is 0.305 e. The van der Waals surface area contributed by atoms with Gasteiger partial charge in [-0.15, -0.1) is 0 Å². The molecule has 0 aliphatic rings. The molecule has 0 spiro atoms. The van der Waals surface area contributed by atoms with Crippen molar-refractivity contribution in [3.63, 3.8) is 0 Å². The van der Waals surface area contributed by atoms with E-state index >= 15 is 0 Å². The second-order valence-corrected chi connectivity index (χ2v) is 19.5. The summed E-state index contributed by atoms with van der Waals surface area (Å²) in [5.74, 6) is 2.27. The lowest BCUT2D eigenvalue weighted by Crippen LogP contribution is -2.37. The molecule has 0 aromatic rings. The molecule has 2 atom stereocenters. The van der Waals surface area contributed by atoms with E-state index in [1.54, 1.807) is 0 Å². The number of carbonyl (C=O) groups excluding carboxylic acids is 1. The Bertz CT molecular complexity index is 852. The molecule has 62 heavy (non-hydrogen) atoms. The molecule has 0 amide bonds. The fraction of sp³-hybridized carbons (Fsp3) is 0.946. The van der Waals surface area contributed by atoms with E-state index in [0.29, 0.717) is 24.9 Å². The Hall–Kier alpha value is -1.11. The van der Waals surface area contributed by atoms with Crippen LogP contribution in [0.15, 0.2) is 12.3 Å². The van der Waals surface area contributed by atoms with Crippen molar-refractivity contribution in [2.24, 2.45) is 11.8 Å². The molecule has 0 fully saturated rings. The Morgan fingerprint density at radius 1 is 0.419 bits per heavy atom. The van der Waals surface area contributed by atoms with Crippen LogP contribution in [0.25, 0.3) is 0 Å². The van der Waals surface area contributed by atoms with Crippen molar-refractivity contribution in [3.05, 3.63) is 12.3 Å². The van der Waals surface area contributed by atoms with Crippen LogP contribution in [0.1, 0.15) is 272 Å². The van der Waals surface area contributed by atoms with Gasteiger partial charge >= 0.3 is 5.97 Å². The first-order valence-corrected chi connectivity index (χ1v) is 27.9. The number of unbranched alkanes of at least 4 members (excludes halogenated alkanes) is 24. The summed E-state index contributed by atoms with van der Waals surface area (Å²) in [6.07, 6.45) is 46.3. The Labute approximate surface area is 389 Å². The molecule has 0 rings (SSSR count). The second-order valence-electron chi connectivity index (χ2n) is 19.5. The summed E-state index contributed by atoms with van der Waals surface area (Å²) in [4.78, 5) is 17.9. The molecule has 0 bridgehead atoms. The molecule has 0 aliphatic heterocycles. The molecule has 0 heterocycles. The van der Waals surface area contributed by atoms with E-state index in [2.05, 4.69) is 51.0 Å². The highest BCUT2D eigenvalue weighted by Gasteiger charge is 2.14. The van der Waals surface area contributed by atoms with E-state index < -0.39 is 0 Å². The number of nitrogens with zero attached hydrogens (tertiary/aromatic N) is 2. The number of ether oxygens (including phenoxy) is 2. The lowest BCUT2D eigenvalue weighted by atomic mass is 9.95. The van der Waals surface area contributed by atoms with E-state index in [0.717, 1.165) is 70.8 Å². The molecule has 0 aromatic heterocycles. The van der Waals surface area contributed by atoms with Gasteiger partial charge < -0.3 is 24.4 Å². The van der Waals surface area contributed by atoms with Gasteiger partial charge in [0, 0.05) is 39.1 Å². The number of likely N-dealkylation sites (N-methyl/N-ethyl adjacent to an activating group) is 1. The number of aliphatic hydroxyl groups excluding tert-OH is 1. The summed E-state index contributed by atoms with van der Waals surface area (Å²) in [7, 11) is 0. The fourth-order valence-corrected chi connectivity index (χ4v) is 9.02. The molecule has 0 aliphatic carbocycles.